The molecule has 0 spiro atoms. The quantitative estimate of drug-likeness (QED) is 0.742. The lowest BCUT2D eigenvalue weighted by Gasteiger charge is -2.09. The van der Waals surface area contributed by atoms with E-state index in [0.717, 1.165) is 6.07 Å². The van der Waals surface area contributed by atoms with E-state index in [0.29, 0.717) is 18.5 Å². The molecule has 0 aliphatic rings. The van der Waals surface area contributed by atoms with E-state index in [4.69, 9.17) is 5.73 Å². The third-order valence-electron chi connectivity index (χ3n) is 2.97. The standard InChI is InChI=1S/C13H17FN4O2S/c14-12-8-11(9-15)2-3-13(12)21(19,20)17-4-1-6-18-7-5-16-10-18/h2-3,5,7-8,10,17H,1,4,6,9,15H2. The van der Waals surface area contributed by atoms with Gasteiger partial charge in [-0.25, -0.2) is 22.5 Å². The lowest BCUT2D eigenvalue weighted by molar-refractivity contribution is 0.550. The Morgan fingerprint density at radius 1 is 1.38 bits per heavy atom. The Balaban J connectivity index is 1.95. The van der Waals surface area contributed by atoms with E-state index in [1.165, 1.54) is 12.1 Å². The lowest BCUT2D eigenvalue weighted by atomic mass is 10.2. The second-order valence-electron chi connectivity index (χ2n) is 4.52. The number of nitrogens with one attached hydrogen (secondary N) is 1. The van der Waals surface area contributed by atoms with Crippen molar-refractivity contribution < 1.29 is 12.8 Å². The van der Waals surface area contributed by atoms with E-state index in [1.807, 2.05) is 4.57 Å². The van der Waals surface area contributed by atoms with Crippen LogP contribution in [0.3, 0.4) is 0 Å². The van der Waals surface area contributed by atoms with Crippen molar-refractivity contribution in [3.8, 4) is 0 Å². The minimum Gasteiger partial charge on any atom is -0.337 e. The van der Waals surface area contributed by atoms with E-state index in [2.05, 4.69) is 9.71 Å². The zero-order valence-corrected chi connectivity index (χ0v) is 12.2. The molecule has 1 heterocycles. The number of imidazole rings is 1. The summed E-state index contributed by atoms with van der Waals surface area (Å²) in [6, 6.07) is 3.87. The number of rotatable bonds is 7. The Morgan fingerprint density at radius 3 is 2.81 bits per heavy atom. The van der Waals surface area contributed by atoms with Gasteiger partial charge < -0.3 is 10.3 Å². The molecule has 3 N–H and O–H groups in total. The number of hydrogen-bond acceptors (Lipinski definition) is 4. The van der Waals surface area contributed by atoms with E-state index in [9.17, 15) is 12.8 Å². The summed E-state index contributed by atoms with van der Waals surface area (Å²) in [6.45, 7) is 1.02. The summed E-state index contributed by atoms with van der Waals surface area (Å²) < 4.78 is 42.0. The smallest absolute Gasteiger partial charge is 0.243 e. The fraction of sp³-hybridized carbons (Fsp3) is 0.308. The van der Waals surface area contributed by atoms with Crippen LogP contribution >= 0.6 is 0 Å². The maximum absolute atomic E-state index is 13.8. The summed E-state index contributed by atoms with van der Waals surface area (Å²) in [6.07, 6.45) is 5.68. The van der Waals surface area contributed by atoms with Crippen molar-refractivity contribution in [1.29, 1.82) is 0 Å². The van der Waals surface area contributed by atoms with Gasteiger partial charge in [0.2, 0.25) is 10.0 Å². The van der Waals surface area contributed by atoms with E-state index < -0.39 is 15.8 Å². The third kappa shape index (κ3) is 4.10. The van der Waals surface area contributed by atoms with E-state index >= 15 is 0 Å². The molecule has 1 aromatic carbocycles. The molecule has 21 heavy (non-hydrogen) atoms. The molecule has 6 nitrogen and oxygen atoms in total. The Hall–Kier alpha value is -1.77. The molecule has 0 bridgehead atoms. The van der Waals surface area contributed by atoms with Crippen molar-refractivity contribution in [2.45, 2.75) is 24.4 Å². The molecule has 0 saturated carbocycles. The first-order valence-corrected chi connectivity index (χ1v) is 7.95. The first kappa shape index (κ1) is 15.6. The summed E-state index contributed by atoms with van der Waals surface area (Å²) in [7, 11) is -3.85. The molecule has 0 fully saturated rings. The van der Waals surface area contributed by atoms with Gasteiger partial charge in [-0.2, -0.15) is 0 Å². The van der Waals surface area contributed by atoms with Gasteiger partial charge in [0.05, 0.1) is 6.33 Å². The second kappa shape index (κ2) is 6.79. The molecule has 0 aliphatic heterocycles. The molecular weight excluding hydrogens is 295 g/mol. The number of aryl methyl sites for hydroxylation is 1. The predicted octanol–water partition coefficient (Wildman–Crippen LogP) is 0.849. The van der Waals surface area contributed by atoms with Crippen LogP contribution < -0.4 is 10.5 Å². The molecule has 0 atom stereocenters. The molecule has 0 saturated heterocycles. The molecule has 8 heteroatoms. The summed E-state index contributed by atoms with van der Waals surface area (Å²) in [5.41, 5.74) is 5.93. The van der Waals surface area contributed by atoms with E-state index in [1.54, 1.807) is 18.7 Å². The monoisotopic (exact) mass is 312 g/mol. The van der Waals surface area contributed by atoms with Crippen LogP contribution in [0, 0.1) is 5.82 Å². The Morgan fingerprint density at radius 2 is 2.19 bits per heavy atom. The number of hydrogen-bond donors (Lipinski definition) is 2. The largest absolute Gasteiger partial charge is 0.337 e. The number of sulfonamides is 1. The molecule has 2 rings (SSSR count). The molecule has 0 amide bonds. The van der Waals surface area contributed by atoms with Crippen LogP contribution in [-0.4, -0.2) is 24.5 Å². The highest BCUT2D eigenvalue weighted by atomic mass is 32.2. The first-order chi connectivity index (χ1) is 10.0. The average Bonchev–Trinajstić information content (AvgIpc) is 2.96. The topological polar surface area (TPSA) is 90.0 Å². The van der Waals surface area contributed by atoms with Crippen molar-refractivity contribution in [1.82, 2.24) is 14.3 Å². The number of benzene rings is 1. The second-order valence-corrected chi connectivity index (χ2v) is 6.26. The summed E-state index contributed by atoms with van der Waals surface area (Å²) in [5, 5.41) is 0. The predicted molar refractivity (Wildman–Crippen MR) is 76.3 cm³/mol. The number of nitrogens with two attached hydrogens (primary N) is 1. The molecule has 0 radical (unpaired) electrons. The van der Waals surface area contributed by atoms with Crippen molar-refractivity contribution in [2.24, 2.45) is 5.73 Å². The van der Waals surface area contributed by atoms with Gasteiger partial charge in [-0.05, 0) is 24.1 Å². The third-order valence-corrected chi connectivity index (χ3v) is 4.46. The maximum Gasteiger partial charge on any atom is 0.243 e. The van der Waals surface area contributed by atoms with Gasteiger partial charge in [0.1, 0.15) is 10.7 Å². The van der Waals surface area contributed by atoms with Crippen molar-refractivity contribution >= 4 is 10.0 Å². The summed E-state index contributed by atoms with van der Waals surface area (Å²) >= 11 is 0. The van der Waals surface area contributed by atoms with Crippen LogP contribution in [0.1, 0.15) is 12.0 Å². The minimum atomic E-state index is -3.85. The zero-order valence-electron chi connectivity index (χ0n) is 11.4. The Labute approximate surface area is 122 Å². The lowest BCUT2D eigenvalue weighted by Crippen LogP contribution is -2.26. The minimum absolute atomic E-state index is 0.162. The fourth-order valence-corrected chi connectivity index (χ4v) is 2.99. The molecule has 0 unspecified atom stereocenters. The van der Waals surface area contributed by atoms with Crippen LogP contribution in [0.2, 0.25) is 0 Å². The van der Waals surface area contributed by atoms with Crippen LogP contribution in [0.5, 0.6) is 0 Å². The van der Waals surface area contributed by atoms with Crippen LogP contribution in [0.15, 0.2) is 41.8 Å². The van der Waals surface area contributed by atoms with E-state index in [-0.39, 0.29) is 18.0 Å². The molecule has 114 valence electrons. The van der Waals surface area contributed by atoms with Crippen molar-refractivity contribution in [3.05, 3.63) is 48.3 Å². The molecular formula is C13H17FN4O2S. The van der Waals surface area contributed by atoms with Crippen molar-refractivity contribution in [2.75, 3.05) is 6.54 Å². The van der Waals surface area contributed by atoms with Crippen LogP contribution in [0.4, 0.5) is 4.39 Å². The zero-order chi connectivity index (χ0) is 15.3. The maximum atomic E-state index is 13.8. The molecule has 1 aromatic heterocycles. The highest BCUT2D eigenvalue weighted by Crippen LogP contribution is 2.15. The Bertz CT molecular complexity index is 686. The normalized spacial score (nSPS) is 11.7. The summed E-state index contributed by atoms with van der Waals surface area (Å²) in [4.78, 5) is 3.53. The van der Waals surface area contributed by atoms with Gasteiger partial charge in [-0.1, -0.05) is 6.07 Å². The number of nitrogens with zero attached hydrogens (tertiary/aromatic N) is 2. The van der Waals surface area contributed by atoms with Gasteiger partial charge in [-0.15, -0.1) is 0 Å². The SMILES string of the molecule is NCc1ccc(S(=O)(=O)NCCCn2ccnc2)c(F)c1. The van der Waals surface area contributed by atoms with Gasteiger partial charge in [0, 0.05) is 32.0 Å². The van der Waals surface area contributed by atoms with Crippen LogP contribution in [0.25, 0.3) is 0 Å². The summed E-state index contributed by atoms with van der Waals surface area (Å²) in [5.74, 6) is -0.792. The highest BCUT2D eigenvalue weighted by molar-refractivity contribution is 7.89. The van der Waals surface area contributed by atoms with Crippen LogP contribution in [-0.2, 0) is 23.1 Å². The Kier molecular flexibility index (Phi) is 5.05. The van der Waals surface area contributed by atoms with Gasteiger partial charge in [0.15, 0.2) is 0 Å². The average molecular weight is 312 g/mol. The number of halogens is 1. The van der Waals surface area contributed by atoms with Gasteiger partial charge in [-0.3, -0.25) is 0 Å². The first-order valence-electron chi connectivity index (χ1n) is 6.47. The fourth-order valence-electron chi connectivity index (χ4n) is 1.85. The van der Waals surface area contributed by atoms with Crippen molar-refractivity contribution in [3.63, 3.8) is 0 Å². The van der Waals surface area contributed by atoms with Gasteiger partial charge in [0.25, 0.3) is 0 Å². The molecule has 0 aliphatic carbocycles. The van der Waals surface area contributed by atoms with Gasteiger partial charge >= 0.3 is 0 Å². The highest BCUT2D eigenvalue weighted by Gasteiger charge is 2.18. The number of aromatic nitrogens is 2. The molecule has 2 aromatic rings.